The number of ether oxygens (including phenoxy) is 1. The second kappa shape index (κ2) is 10.7. The molecule has 0 spiro atoms. The highest BCUT2D eigenvalue weighted by Gasteiger charge is 2.17. The minimum absolute atomic E-state index is 0.0869. The minimum atomic E-state index is -0.0917. The lowest BCUT2D eigenvalue weighted by atomic mass is 10.1. The van der Waals surface area contributed by atoms with Gasteiger partial charge in [0, 0.05) is 30.9 Å². The lowest BCUT2D eigenvalue weighted by Gasteiger charge is -2.26. The standard InChI is InChI=1S/C24H31N3O3/c1-18(2)30-22-12-6-19(7-13-22)16-26-23(28)17-25-21-10-8-20(9-11-21)24(29)27-14-4-3-5-15-27/h6-13,18,25H,3-5,14-17H2,1-2H3,(H,26,28). The van der Waals surface area contributed by atoms with Crippen LogP contribution in [-0.4, -0.2) is 42.5 Å². The summed E-state index contributed by atoms with van der Waals surface area (Å²) in [5, 5.41) is 6.00. The number of nitrogens with one attached hydrogen (secondary N) is 2. The maximum atomic E-state index is 12.5. The average molecular weight is 410 g/mol. The molecule has 0 unspecified atom stereocenters. The van der Waals surface area contributed by atoms with E-state index in [0.717, 1.165) is 42.9 Å². The van der Waals surface area contributed by atoms with Crippen molar-refractivity contribution in [3.05, 3.63) is 59.7 Å². The molecule has 160 valence electrons. The summed E-state index contributed by atoms with van der Waals surface area (Å²) in [4.78, 5) is 26.5. The molecule has 0 radical (unpaired) electrons. The first kappa shape index (κ1) is 21.7. The molecule has 0 aromatic heterocycles. The van der Waals surface area contributed by atoms with Gasteiger partial charge in [-0.3, -0.25) is 9.59 Å². The minimum Gasteiger partial charge on any atom is -0.491 e. The molecule has 2 aromatic carbocycles. The fraction of sp³-hybridized carbons (Fsp3) is 0.417. The van der Waals surface area contributed by atoms with Crippen molar-refractivity contribution in [1.82, 2.24) is 10.2 Å². The molecule has 0 bridgehead atoms. The monoisotopic (exact) mass is 409 g/mol. The number of benzene rings is 2. The van der Waals surface area contributed by atoms with Crippen molar-refractivity contribution in [2.24, 2.45) is 0 Å². The Morgan fingerprint density at radius 1 is 0.967 bits per heavy atom. The molecular formula is C24H31N3O3. The van der Waals surface area contributed by atoms with Gasteiger partial charge in [0.15, 0.2) is 0 Å². The average Bonchev–Trinajstić information content (AvgIpc) is 2.77. The topological polar surface area (TPSA) is 70.7 Å². The van der Waals surface area contributed by atoms with E-state index < -0.39 is 0 Å². The van der Waals surface area contributed by atoms with Gasteiger partial charge in [-0.1, -0.05) is 12.1 Å². The van der Waals surface area contributed by atoms with Crippen LogP contribution in [0.1, 0.15) is 49.0 Å². The van der Waals surface area contributed by atoms with E-state index in [0.29, 0.717) is 12.1 Å². The molecule has 1 heterocycles. The fourth-order valence-corrected chi connectivity index (χ4v) is 3.41. The number of hydrogen-bond acceptors (Lipinski definition) is 4. The zero-order chi connectivity index (χ0) is 21.3. The van der Waals surface area contributed by atoms with E-state index in [9.17, 15) is 9.59 Å². The third-order valence-corrected chi connectivity index (χ3v) is 5.01. The lowest BCUT2D eigenvalue weighted by Crippen LogP contribution is -2.35. The largest absolute Gasteiger partial charge is 0.491 e. The van der Waals surface area contributed by atoms with Crippen LogP contribution in [-0.2, 0) is 11.3 Å². The molecule has 6 nitrogen and oxygen atoms in total. The van der Waals surface area contributed by atoms with Gasteiger partial charge in [0.05, 0.1) is 12.6 Å². The van der Waals surface area contributed by atoms with E-state index >= 15 is 0 Å². The van der Waals surface area contributed by atoms with Crippen molar-refractivity contribution < 1.29 is 14.3 Å². The highest BCUT2D eigenvalue weighted by atomic mass is 16.5. The first-order chi connectivity index (χ1) is 14.5. The summed E-state index contributed by atoms with van der Waals surface area (Å²) >= 11 is 0. The molecule has 0 atom stereocenters. The van der Waals surface area contributed by atoms with Gasteiger partial charge in [-0.25, -0.2) is 0 Å². The molecule has 30 heavy (non-hydrogen) atoms. The predicted octanol–water partition coefficient (Wildman–Crippen LogP) is 3.83. The van der Waals surface area contributed by atoms with E-state index in [1.165, 1.54) is 6.42 Å². The molecule has 3 rings (SSSR count). The molecule has 1 saturated heterocycles. The number of carbonyl (C=O) groups excluding carboxylic acids is 2. The number of amides is 2. The Hall–Kier alpha value is -3.02. The smallest absolute Gasteiger partial charge is 0.253 e. The van der Waals surface area contributed by atoms with E-state index in [1.54, 1.807) is 0 Å². The molecule has 0 saturated carbocycles. The van der Waals surface area contributed by atoms with E-state index in [2.05, 4.69) is 10.6 Å². The van der Waals surface area contributed by atoms with Gasteiger partial charge in [0.25, 0.3) is 5.91 Å². The van der Waals surface area contributed by atoms with E-state index in [1.807, 2.05) is 67.3 Å². The van der Waals surface area contributed by atoms with E-state index in [4.69, 9.17) is 4.74 Å². The van der Waals surface area contributed by atoms with Gasteiger partial charge < -0.3 is 20.3 Å². The van der Waals surface area contributed by atoms with Crippen molar-refractivity contribution in [2.75, 3.05) is 25.0 Å². The quantitative estimate of drug-likeness (QED) is 0.695. The van der Waals surface area contributed by atoms with Crippen molar-refractivity contribution in [1.29, 1.82) is 0 Å². The zero-order valence-corrected chi connectivity index (χ0v) is 17.8. The van der Waals surface area contributed by atoms with Gasteiger partial charge in [-0.05, 0) is 75.1 Å². The molecule has 1 fully saturated rings. The third kappa shape index (κ3) is 6.51. The lowest BCUT2D eigenvalue weighted by molar-refractivity contribution is -0.119. The maximum absolute atomic E-state index is 12.5. The van der Waals surface area contributed by atoms with Crippen molar-refractivity contribution in [2.45, 2.75) is 45.8 Å². The molecule has 6 heteroatoms. The van der Waals surface area contributed by atoms with Crippen LogP contribution in [0.15, 0.2) is 48.5 Å². The highest BCUT2D eigenvalue weighted by Crippen LogP contribution is 2.16. The summed E-state index contributed by atoms with van der Waals surface area (Å²) in [6.07, 6.45) is 3.50. The van der Waals surface area contributed by atoms with Crippen molar-refractivity contribution >= 4 is 17.5 Å². The first-order valence-electron chi connectivity index (χ1n) is 10.7. The predicted molar refractivity (Wildman–Crippen MR) is 119 cm³/mol. The Kier molecular flexibility index (Phi) is 7.71. The normalized spacial score (nSPS) is 13.8. The van der Waals surface area contributed by atoms with Crippen LogP contribution in [0, 0.1) is 0 Å². The summed E-state index contributed by atoms with van der Waals surface area (Å²) in [5.41, 5.74) is 2.52. The summed E-state index contributed by atoms with van der Waals surface area (Å²) in [6, 6.07) is 15.0. The highest BCUT2D eigenvalue weighted by molar-refractivity contribution is 5.94. The van der Waals surface area contributed by atoms with Crippen LogP contribution in [0.4, 0.5) is 5.69 Å². The second-order valence-electron chi connectivity index (χ2n) is 7.87. The molecule has 2 aromatic rings. The van der Waals surface area contributed by atoms with Gasteiger partial charge >= 0.3 is 0 Å². The maximum Gasteiger partial charge on any atom is 0.253 e. The zero-order valence-electron chi connectivity index (χ0n) is 17.8. The van der Waals surface area contributed by atoms with Gasteiger partial charge in [0.2, 0.25) is 5.91 Å². The number of piperidine rings is 1. The number of hydrogen-bond donors (Lipinski definition) is 2. The van der Waals surface area contributed by atoms with Gasteiger partial charge in [-0.15, -0.1) is 0 Å². The second-order valence-corrected chi connectivity index (χ2v) is 7.87. The summed E-state index contributed by atoms with van der Waals surface area (Å²) < 4.78 is 5.62. The van der Waals surface area contributed by atoms with Crippen LogP contribution < -0.4 is 15.4 Å². The Morgan fingerprint density at radius 2 is 1.63 bits per heavy atom. The first-order valence-corrected chi connectivity index (χ1v) is 10.7. The van der Waals surface area contributed by atoms with Crippen molar-refractivity contribution in [3.63, 3.8) is 0 Å². The Balaban J connectivity index is 1.41. The summed E-state index contributed by atoms with van der Waals surface area (Å²) in [5.74, 6) is 0.818. The van der Waals surface area contributed by atoms with Crippen LogP contribution in [0.3, 0.4) is 0 Å². The number of nitrogens with zero attached hydrogens (tertiary/aromatic N) is 1. The summed E-state index contributed by atoms with van der Waals surface area (Å²) in [7, 11) is 0. The Bertz CT molecular complexity index is 826. The van der Waals surface area contributed by atoms with Gasteiger partial charge in [-0.2, -0.15) is 0 Å². The van der Waals surface area contributed by atoms with Crippen LogP contribution >= 0.6 is 0 Å². The summed E-state index contributed by atoms with van der Waals surface area (Å²) in [6.45, 7) is 6.29. The molecule has 2 N–H and O–H groups in total. The number of carbonyl (C=O) groups is 2. The van der Waals surface area contributed by atoms with Crippen LogP contribution in [0.5, 0.6) is 5.75 Å². The Labute approximate surface area is 178 Å². The molecule has 2 amide bonds. The molecular weight excluding hydrogens is 378 g/mol. The van der Waals surface area contributed by atoms with Crippen LogP contribution in [0.25, 0.3) is 0 Å². The fourth-order valence-electron chi connectivity index (χ4n) is 3.41. The molecule has 1 aliphatic heterocycles. The number of anilines is 1. The molecule has 0 aliphatic carbocycles. The molecule has 1 aliphatic rings. The van der Waals surface area contributed by atoms with Gasteiger partial charge in [0.1, 0.15) is 5.75 Å². The SMILES string of the molecule is CC(C)Oc1ccc(CNC(=O)CNc2ccc(C(=O)N3CCCCC3)cc2)cc1. The number of rotatable bonds is 8. The van der Waals surface area contributed by atoms with Crippen LogP contribution in [0.2, 0.25) is 0 Å². The third-order valence-electron chi connectivity index (χ3n) is 5.01. The number of likely N-dealkylation sites (tertiary alicyclic amines) is 1. The van der Waals surface area contributed by atoms with E-state index in [-0.39, 0.29) is 24.5 Å². The Morgan fingerprint density at radius 3 is 2.27 bits per heavy atom. The van der Waals surface area contributed by atoms with Crippen molar-refractivity contribution in [3.8, 4) is 5.75 Å².